The van der Waals surface area contributed by atoms with Gasteiger partial charge in [0.25, 0.3) is 5.91 Å². The summed E-state index contributed by atoms with van der Waals surface area (Å²) in [6, 6.07) is 10.3. The van der Waals surface area contributed by atoms with Gasteiger partial charge in [-0.2, -0.15) is 0 Å². The SMILES string of the molecule is COc1ccc(CNC(=O)[C@@H](C)Oc2cc(Cl)ccc2Cl)cc1OC. The third kappa shape index (κ3) is 5.18. The molecule has 1 amide bonds. The second-order valence-electron chi connectivity index (χ2n) is 5.24. The van der Waals surface area contributed by atoms with Crippen molar-refractivity contribution >= 4 is 29.1 Å². The van der Waals surface area contributed by atoms with E-state index in [9.17, 15) is 4.79 Å². The highest BCUT2D eigenvalue weighted by Gasteiger charge is 2.16. The number of halogens is 2. The zero-order chi connectivity index (χ0) is 18.4. The zero-order valence-electron chi connectivity index (χ0n) is 14.1. The predicted molar refractivity (Wildman–Crippen MR) is 97.9 cm³/mol. The van der Waals surface area contributed by atoms with E-state index in [-0.39, 0.29) is 5.91 Å². The lowest BCUT2D eigenvalue weighted by Gasteiger charge is -2.16. The van der Waals surface area contributed by atoms with E-state index in [0.29, 0.717) is 33.8 Å². The Morgan fingerprint density at radius 3 is 2.44 bits per heavy atom. The van der Waals surface area contributed by atoms with Crippen LogP contribution in [0, 0.1) is 0 Å². The van der Waals surface area contributed by atoms with Crippen molar-refractivity contribution in [2.24, 2.45) is 0 Å². The van der Waals surface area contributed by atoms with Gasteiger partial charge in [0.1, 0.15) is 5.75 Å². The molecule has 0 fully saturated rings. The smallest absolute Gasteiger partial charge is 0.261 e. The summed E-state index contributed by atoms with van der Waals surface area (Å²) in [5.41, 5.74) is 0.874. The van der Waals surface area contributed by atoms with E-state index in [4.69, 9.17) is 37.4 Å². The van der Waals surface area contributed by atoms with E-state index in [2.05, 4.69) is 5.32 Å². The number of methoxy groups -OCH3 is 2. The van der Waals surface area contributed by atoms with Crippen molar-refractivity contribution in [1.29, 1.82) is 0 Å². The van der Waals surface area contributed by atoms with Gasteiger partial charge in [-0.05, 0) is 36.8 Å². The summed E-state index contributed by atoms with van der Waals surface area (Å²) < 4.78 is 16.0. The normalized spacial score (nSPS) is 11.6. The minimum absolute atomic E-state index is 0.272. The number of amides is 1. The lowest BCUT2D eigenvalue weighted by molar-refractivity contribution is -0.127. The fourth-order valence-electron chi connectivity index (χ4n) is 2.13. The summed E-state index contributed by atoms with van der Waals surface area (Å²) >= 11 is 12.0. The van der Waals surface area contributed by atoms with Gasteiger partial charge in [-0.3, -0.25) is 4.79 Å². The van der Waals surface area contributed by atoms with Crippen LogP contribution in [0.4, 0.5) is 0 Å². The Morgan fingerprint density at radius 2 is 1.76 bits per heavy atom. The highest BCUT2D eigenvalue weighted by atomic mass is 35.5. The largest absolute Gasteiger partial charge is 0.493 e. The number of benzene rings is 2. The molecule has 0 aliphatic carbocycles. The van der Waals surface area contributed by atoms with Crippen molar-refractivity contribution in [2.45, 2.75) is 19.6 Å². The molecule has 0 aromatic heterocycles. The van der Waals surface area contributed by atoms with Crippen LogP contribution < -0.4 is 19.5 Å². The average Bonchev–Trinajstić information content (AvgIpc) is 2.62. The lowest BCUT2D eigenvalue weighted by Crippen LogP contribution is -2.35. The minimum atomic E-state index is -0.726. The van der Waals surface area contributed by atoms with E-state index in [1.165, 1.54) is 0 Å². The fraction of sp³-hybridized carbons (Fsp3) is 0.278. The van der Waals surface area contributed by atoms with Crippen LogP contribution in [0.5, 0.6) is 17.2 Å². The molecule has 0 saturated heterocycles. The maximum Gasteiger partial charge on any atom is 0.261 e. The summed E-state index contributed by atoms with van der Waals surface area (Å²) in [4.78, 5) is 12.2. The third-order valence-corrected chi connectivity index (χ3v) is 4.03. The van der Waals surface area contributed by atoms with Gasteiger partial charge in [0, 0.05) is 17.6 Å². The van der Waals surface area contributed by atoms with E-state index >= 15 is 0 Å². The third-order valence-electron chi connectivity index (χ3n) is 3.48. The number of rotatable bonds is 7. The van der Waals surface area contributed by atoms with Gasteiger partial charge in [-0.15, -0.1) is 0 Å². The molecule has 0 saturated carbocycles. The highest BCUT2D eigenvalue weighted by molar-refractivity contribution is 6.34. The Labute approximate surface area is 156 Å². The molecule has 0 heterocycles. The van der Waals surface area contributed by atoms with Crippen molar-refractivity contribution < 1.29 is 19.0 Å². The molecule has 1 N–H and O–H groups in total. The summed E-state index contributed by atoms with van der Waals surface area (Å²) in [6.45, 7) is 1.97. The van der Waals surface area contributed by atoms with Gasteiger partial charge in [0.15, 0.2) is 17.6 Å². The van der Waals surface area contributed by atoms with Gasteiger partial charge in [0.05, 0.1) is 19.2 Å². The van der Waals surface area contributed by atoms with E-state index in [1.54, 1.807) is 51.5 Å². The van der Waals surface area contributed by atoms with Crippen molar-refractivity contribution in [3.8, 4) is 17.2 Å². The standard InChI is InChI=1S/C18H19Cl2NO4/c1-11(25-16-9-13(19)5-6-14(16)20)18(22)21-10-12-4-7-15(23-2)17(8-12)24-3/h4-9,11H,10H2,1-3H3,(H,21,22)/t11-/m1/s1. The minimum Gasteiger partial charge on any atom is -0.493 e. The van der Waals surface area contributed by atoms with Crippen LogP contribution in [-0.2, 0) is 11.3 Å². The van der Waals surface area contributed by atoms with Crippen LogP contribution in [0.2, 0.25) is 10.0 Å². The lowest BCUT2D eigenvalue weighted by atomic mass is 10.2. The topological polar surface area (TPSA) is 56.8 Å². The quantitative estimate of drug-likeness (QED) is 0.781. The molecule has 5 nitrogen and oxygen atoms in total. The van der Waals surface area contributed by atoms with Gasteiger partial charge < -0.3 is 19.5 Å². The number of carbonyl (C=O) groups is 1. The van der Waals surface area contributed by atoms with Crippen LogP contribution in [0.25, 0.3) is 0 Å². The molecule has 1 atom stereocenters. The van der Waals surface area contributed by atoms with Crippen LogP contribution in [-0.4, -0.2) is 26.2 Å². The van der Waals surface area contributed by atoms with Crippen LogP contribution in [0.3, 0.4) is 0 Å². The molecule has 0 radical (unpaired) electrons. The summed E-state index contributed by atoms with van der Waals surface area (Å²) in [6.07, 6.45) is -0.726. The molecule has 0 unspecified atom stereocenters. The zero-order valence-corrected chi connectivity index (χ0v) is 15.6. The molecule has 25 heavy (non-hydrogen) atoms. The van der Waals surface area contributed by atoms with Crippen LogP contribution in [0.15, 0.2) is 36.4 Å². The molecule has 0 spiro atoms. The molecule has 134 valence electrons. The number of carbonyl (C=O) groups excluding carboxylic acids is 1. The molecule has 2 aromatic carbocycles. The molecule has 0 bridgehead atoms. The molecule has 2 aromatic rings. The Balaban J connectivity index is 1.96. The number of hydrogen-bond acceptors (Lipinski definition) is 4. The van der Waals surface area contributed by atoms with Crippen molar-refractivity contribution in [1.82, 2.24) is 5.32 Å². The van der Waals surface area contributed by atoms with Crippen molar-refractivity contribution in [2.75, 3.05) is 14.2 Å². The Bertz CT molecular complexity index is 752. The summed E-state index contributed by atoms with van der Waals surface area (Å²) in [5.74, 6) is 1.32. The van der Waals surface area contributed by atoms with E-state index < -0.39 is 6.10 Å². The molecule has 2 rings (SSSR count). The molecular weight excluding hydrogens is 365 g/mol. The number of hydrogen-bond donors (Lipinski definition) is 1. The maximum absolute atomic E-state index is 12.2. The first-order valence-electron chi connectivity index (χ1n) is 7.55. The van der Waals surface area contributed by atoms with Gasteiger partial charge >= 0.3 is 0 Å². The Kier molecular flexibility index (Phi) is 6.79. The van der Waals surface area contributed by atoms with Crippen LogP contribution in [0.1, 0.15) is 12.5 Å². The Hall–Kier alpha value is -2.11. The first kappa shape index (κ1) is 19.2. The molecular formula is C18H19Cl2NO4. The van der Waals surface area contributed by atoms with Crippen molar-refractivity contribution in [3.63, 3.8) is 0 Å². The molecule has 0 aliphatic rings. The maximum atomic E-state index is 12.2. The molecule has 7 heteroatoms. The second-order valence-corrected chi connectivity index (χ2v) is 6.09. The number of ether oxygens (including phenoxy) is 3. The molecule has 0 aliphatic heterocycles. The average molecular weight is 384 g/mol. The van der Waals surface area contributed by atoms with E-state index in [0.717, 1.165) is 5.56 Å². The summed E-state index contributed by atoms with van der Waals surface area (Å²) in [7, 11) is 3.13. The second kappa shape index (κ2) is 8.83. The van der Waals surface area contributed by atoms with Crippen LogP contribution >= 0.6 is 23.2 Å². The first-order valence-corrected chi connectivity index (χ1v) is 8.30. The summed E-state index contributed by atoms with van der Waals surface area (Å²) in [5, 5.41) is 3.68. The first-order chi connectivity index (χ1) is 11.9. The van der Waals surface area contributed by atoms with Gasteiger partial charge in [0.2, 0.25) is 0 Å². The van der Waals surface area contributed by atoms with Gasteiger partial charge in [-0.1, -0.05) is 29.3 Å². The fourth-order valence-corrected chi connectivity index (χ4v) is 2.46. The monoisotopic (exact) mass is 383 g/mol. The van der Waals surface area contributed by atoms with E-state index in [1.807, 2.05) is 6.07 Å². The highest BCUT2D eigenvalue weighted by Crippen LogP contribution is 2.29. The predicted octanol–water partition coefficient (Wildman–Crippen LogP) is 4.09. The Morgan fingerprint density at radius 1 is 1.04 bits per heavy atom. The van der Waals surface area contributed by atoms with Crippen molar-refractivity contribution in [3.05, 3.63) is 52.0 Å². The number of nitrogens with one attached hydrogen (secondary N) is 1. The van der Waals surface area contributed by atoms with Gasteiger partial charge in [-0.25, -0.2) is 0 Å².